The molecule has 1 saturated carbocycles. The van der Waals surface area contributed by atoms with Crippen molar-refractivity contribution in [2.75, 3.05) is 13.7 Å². The third-order valence-electron chi connectivity index (χ3n) is 7.46. The van der Waals surface area contributed by atoms with Crippen molar-refractivity contribution >= 4 is 5.97 Å². The van der Waals surface area contributed by atoms with Gasteiger partial charge in [-0.3, -0.25) is 4.79 Å². The maximum absolute atomic E-state index is 12.9. The number of rotatable bonds is 3. The Morgan fingerprint density at radius 1 is 1.38 bits per heavy atom. The Balaban J connectivity index is 0.00000243. The van der Waals surface area contributed by atoms with Crippen molar-refractivity contribution in [3.05, 3.63) is 28.7 Å². The normalized spacial score (nSPS) is 34.6. The smallest absolute Gasteiger partial charge is 0.315 e. The topological polar surface area (TPSA) is 46.5 Å². The fraction of sp³-hybridized carbons (Fsp3) is 0.727. The Morgan fingerprint density at radius 2 is 2.08 bits per heavy atom. The number of allylic oxidation sites excluding steroid dienone is 2. The number of methoxy groups -OCH3 is 1. The molecular formula is C22H33O3Y-. The van der Waals surface area contributed by atoms with E-state index in [4.69, 9.17) is 4.74 Å². The Labute approximate surface area is 183 Å². The van der Waals surface area contributed by atoms with Gasteiger partial charge in [0, 0.05) is 32.7 Å². The Kier molecular flexibility index (Phi) is 7.01. The van der Waals surface area contributed by atoms with Crippen LogP contribution < -0.4 is 0 Å². The molecule has 0 aromatic carbocycles. The molecule has 26 heavy (non-hydrogen) atoms. The van der Waals surface area contributed by atoms with E-state index in [1.165, 1.54) is 24.2 Å². The van der Waals surface area contributed by atoms with Gasteiger partial charge in [-0.05, 0) is 37.5 Å². The molecule has 1 N–H and O–H groups in total. The molecule has 0 amide bonds. The second kappa shape index (κ2) is 8.17. The van der Waals surface area contributed by atoms with Crippen LogP contribution in [-0.2, 0) is 42.2 Å². The summed E-state index contributed by atoms with van der Waals surface area (Å²) in [5, 5.41) is 9.69. The number of hydrogen-bond acceptors (Lipinski definition) is 3. The second-order valence-electron chi connectivity index (χ2n) is 8.85. The van der Waals surface area contributed by atoms with E-state index in [1.54, 1.807) is 0 Å². The van der Waals surface area contributed by atoms with E-state index in [1.807, 2.05) is 0 Å². The van der Waals surface area contributed by atoms with Crippen molar-refractivity contribution in [2.24, 2.45) is 22.7 Å². The van der Waals surface area contributed by atoms with E-state index in [0.29, 0.717) is 11.8 Å². The summed E-state index contributed by atoms with van der Waals surface area (Å²) < 4.78 is 5.30. The zero-order valence-electron chi connectivity index (χ0n) is 17.0. The fourth-order valence-corrected chi connectivity index (χ4v) is 5.73. The molecule has 0 heterocycles. The molecule has 3 nitrogen and oxygen atoms in total. The summed E-state index contributed by atoms with van der Waals surface area (Å²) >= 11 is 0. The SMILES string of the molecule is COC(=O)[C@@]12CCC(C(C)C)=C1[C@@H]1CC=C(CO)C[C-](C)[C@@]1(C)CC2.[Y]. The summed E-state index contributed by atoms with van der Waals surface area (Å²) in [5.74, 6) is 2.24. The van der Waals surface area contributed by atoms with Gasteiger partial charge in [0.2, 0.25) is 0 Å². The van der Waals surface area contributed by atoms with Crippen molar-refractivity contribution in [2.45, 2.75) is 66.2 Å². The van der Waals surface area contributed by atoms with E-state index in [9.17, 15) is 9.90 Å². The number of ether oxygens (including phenoxy) is 1. The summed E-state index contributed by atoms with van der Waals surface area (Å²) in [6.45, 7) is 9.27. The third kappa shape index (κ3) is 3.31. The first-order valence-corrected chi connectivity index (χ1v) is 9.73. The first-order chi connectivity index (χ1) is 11.8. The molecule has 0 spiro atoms. The largest absolute Gasteiger partial charge is 0.468 e. The van der Waals surface area contributed by atoms with Crippen LogP contribution in [0.2, 0.25) is 0 Å². The molecular weight excluding hydrogens is 401 g/mol. The first-order valence-electron chi connectivity index (χ1n) is 9.73. The van der Waals surface area contributed by atoms with Crippen LogP contribution in [0.25, 0.3) is 0 Å². The molecule has 3 aliphatic rings. The zero-order chi connectivity index (χ0) is 18.4. The molecule has 0 aromatic heterocycles. The van der Waals surface area contributed by atoms with Gasteiger partial charge in [0.25, 0.3) is 0 Å². The number of hydrogen-bond donors (Lipinski definition) is 1. The first kappa shape index (κ1) is 22.3. The van der Waals surface area contributed by atoms with Crippen molar-refractivity contribution in [3.63, 3.8) is 0 Å². The molecule has 0 aromatic rings. The van der Waals surface area contributed by atoms with Gasteiger partial charge in [-0.1, -0.05) is 50.0 Å². The van der Waals surface area contributed by atoms with Gasteiger partial charge in [0.15, 0.2) is 0 Å². The maximum Gasteiger partial charge on any atom is 0.315 e. The number of aliphatic hydroxyl groups excluding tert-OH is 1. The minimum atomic E-state index is -0.406. The fourth-order valence-electron chi connectivity index (χ4n) is 5.73. The van der Waals surface area contributed by atoms with Crippen LogP contribution in [0.4, 0.5) is 0 Å². The van der Waals surface area contributed by atoms with Crippen molar-refractivity contribution < 1.29 is 47.3 Å². The van der Waals surface area contributed by atoms with Crippen LogP contribution in [0, 0.1) is 28.6 Å². The maximum atomic E-state index is 12.9. The summed E-state index contributed by atoms with van der Waals surface area (Å²) in [5.41, 5.74) is 3.69. The van der Waals surface area contributed by atoms with Crippen LogP contribution in [0.3, 0.4) is 0 Å². The molecule has 0 unspecified atom stereocenters. The monoisotopic (exact) mass is 434 g/mol. The Hall–Kier alpha value is 0.0139. The van der Waals surface area contributed by atoms with Crippen LogP contribution >= 0.6 is 0 Å². The molecule has 1 fully saturated rings. The van der Waals surface area contributed by atoms with Gasteiger partial charge in [0.1, 0.15) is 0 Å². The van der Waals surface area contributed by atoms with Gasteiger partial charge < -0.3 is 15.8 Å². The van der Waals surface area contributed by atoms with Crippen molar-refractivity contribution in [1.29, 1.82) is 0 Å². The molecule has 0 aliphatic heterocycles. The summed E-state index contributed by atoms with van der Waals surface area (Å²) in [7, 11) is 1.53. The standard InChI is InChI=1S/C22H33O3.Y/c1-14(2)17-8-9-22(20(24)25-5)11-10-21(4)15(3)12-16(13-23)6-7-18(21)19(17)22;/h6,14,18,23H,7-13H2,1-5H3;/q-1;/t18-,21+,22+;/m0./s1. The van der Waals surface area contributed by atoms with Gasteiger partial charge in [-0.2, -0.15) is 13.3 Å². The minimum Gasteiger partial charge on any atom is -0.468 e. The average Bonchev–Trinajstić information content (AvgIpc) is 2.94. The molecule has 3 rings (SSSR count). The number of carbonyl (C=O) groups excluding carboxylic acids is 1. The van der Waals surface area contributed by atoms with Crippen LogP contribution in [-0.4, -0.2) is 24.8 Å². The molecule has 0 bridgehead atoms. The van der Waals surface area contributed by atoms with Gasteiger partial charge in [-0.25, -0.2) is 0 Å². The number of fused-ring (bicyclic) bond motifs is 3. The van der Waals surface area contributed by atoms with Crippen LogP contribution in [0.5, 0.6) is 0 Å². The van der Waals surface area contributed by atoms with E-state index >= 15 is 0 Å². The molecule has 4 heteroatoms. The Bertz CT molecular complexity index is 621. The summed E-state index contributed by atoms with van der Waals surface area (Å²) in [6, 6.07) is 0. The predicted octanol–water partition coefficient (Wildman–Crippen LogP) is 4.61. The predicted molar refractivity (Wildman–Crippen MR) is 99.7 cm³/mol. The van der Waals surface area contributed by atoms with E-state index in [2.05, 4.69) is 33.8 Å². The van der Waals surface area contributed by atoms with E-state index in [-0.39, 0.29) is 50.7 Å². The van der Waals surface area contributed by atoms with Crippen LogP contribution in [0.1, 0.15) is 66.2 Å². The summed E-state index contributed by atoms with van der Waals surface area (Å²) in [6.07, 6.45) is 7.89. The van der Waals surface area contributed by atoms with Gasteiger partial charge >= 0.3 is 5.97 Å². The van der Waals surface area contributed by atoms with E-state index in [0.717, 1.165) is 44.1 Å². The molecule has 3 aliphatic carbocycles. The quantitative estimate of drug-likeness (QED) is 0.401. The van der Waals surface area contributed by atoms with Gasteiger partial charge in [-0.15, -0.1) is 5.41 Å². The number of carbonyl (C=O) groups is 1. The zero-order valence-corrected chi connectivity index (χ0v) is 19.9. The minimum absolute atomic E-state index is 0. The third-order valence-corrected chi connectivity index (χ3v) is 7.46. The second-order valence-corrected chi connectivity index (χ2v) is 8.85. The molecule has 3 atom stereocenters. The van der Waals surface area contributed by atoms with Gasteiger partial charge in [0.05, 0.1) is 19.1 Å². The van der Waals surface area contributed by atoms with Crippen molar-refractivity contribution in [3.8, 4) is 0 Å². The molecule has 0 saturated heterocycles. The van der Waals surface area contributed by atoms with Crippen molar-refractivity contribution in [1.82, 2.24) is 0 Å². The van der Waals surface area contributed by atoms with E-state index < -0.39 is 5.41 Å². The number of esters is 1. The molecule has 143 valence electrons. The Morgan fingerprint density at radius 3 is 2.65 bits per heavy atom. The van der Waals surface area contributed by atoms with Crippen LogP contribution in [0.15, 0.2) is 22.8 Å². The average molecular weight is 434 g/mol. The number of aliphatic hydroxyl groups is 1. The summed E-state index contributed by atoms with van der Waals surface area (Å²) in [4.78, 5) is 12.9. The molecule has 1 radical (unpaired) electrons.